The highest BCUT2D eigenvalue weighted by Crippen LogP contribution is 2.20. The normalized spacial score (nSPS) is 18.3. The molecule has 1 N–H and O–H groups in total. The second-order valence-electron chi connectivity index (χ2n) is 3.67. The van der Waals surface area contributed by atoms with Crippen LogP contribution in [0.3, 0.4) is 0 Å². The highest BCUT2D eigenvalue weighted by atomic mass is 32.1. The van der Waals surface area contributed by atoms with Crippen LogP contribution in [-0.2, 0) is 6.42 Å². The summed E-state index contributed by atoms with van der Waals surface area (Å²) in [5.41, 5.74) is 0. The summed E-state index contributed by atoms with van der Waals surface area (Å²) in [5, 5.41) is 4.45. The van der Waals surface area contributed by atoms with E-state index >= 15 is 0 Å². The van der Waals surface area contributed by atoms with E-state index in [-0.39, 0.29) is 0 Å². The molecule has 0 aromatic carbocycles. The quantitative estimate of drug-likeness (QED) is 0.769. The molecule has 3 nitrogen and oxygen atoms in total. The van der Waals surface area contributed by atoms with Crippen LogP contribution in [0.4, 0.5) is 0 Å². The summed E-state index contributed by atoms with van der Waals surface area (Å²) in [7, 11) is 0. The van der Waals surface area contributed by atoms with E-state index in [0.717, 1.165) is 41.6 Å². The van der Waals surface area contributed by atoms with E-state index in [1.165, 1.54) is 24.2 Å². The third-order valence-corrected chi connectivity index (χ3v) is 3.55. The van der Waals surface area contributed by atoms with Gasteiger partial charge in [-0.3, -0.25) is 4.79 Å². The zero-order valence-electron chi connectivity index (χ0n) is 8.03. The fourth-order valence-electron chi connectivity index (χ4n) is 1.81. The molecule has 0 bridgehead atoms. The van der Waals surface area contributed by atoms with Gasteiger partial charge in [-0.15, -0.1) is 11.3 Å². The Bertz CT molecular complexity index is 305. The molecule has 1 aromatic heterocycles. The van der Waals surface area contributed by atoms with Gasteiger partial charge in [0.2, 0.25) is 0 Å². The summed E-state index contributed by atoms with van der Waals surface area (Å²) in [4.78, 5) is 15.5. The third-order valence-electron chi connectivity index (χ3n) is 2.61. The molecule has 76 valence electrons. The first-order valence-electron chi connectivity index (χ1n) is 4.99. The summed E-state index contributed by atoms with van der Waals surface area (Å²) >= 11 is 1.53. The van der Waals surface area contributed by atoms with Crippen molar-refractivity contribution in [1.82, 2.24) is 10.3 Å². The van der Waals surface area contributed by atoms with Gasteiger partial charge in [0.05, 0.1) is 9.88 Å². The van der Waals surface area contributed by atoms with Gasteiger partial charge in [-0.05, 0) is 31.8 Å². The third kappa shape index (κ3) is 2.39. The van der Waals surface area contributed by atoms with Crippen LogP contribution in [0.1, 0.15) is 27.5 Å². The minimum atomic E-state index is 0.744. The predicted molar refractivity (Wildman–Crippen MR) is 56.8 cm³/mol. The Balaban J connectivity index is 1.92. The van der Waals surface area contributed by atoms with Crippen LogP contribution in [0.25, 0.3) is 0 Å². The fourth-order valence-corrected chi connectivity index (χ4v) is 2.66. The summed E-state index contributed by atoms with van der Waals surface area (Å²) in [6.07, 6.45) is 6.06. The molecule has 2 rings (SSSR count). The molecular weight excluding hydrogens is 196 g/mol. The van der Waals surface area contributed by atoms with Crippen LogP contribution in [0.2, 0.25) is 0 Å². The topological polar surface area (TPSA) is 42.0 Å². The molecule has 0 aliphatic carbocycles. The zero-order chi connectivity index (χ0) is 9.80. The molecule has 0 radical (unpaired) electrons. The van der Waals surface area contributed by atoms with Gasteiger partial charge < -0.3 is 5.32 Å². The molecular formula is C10H14N2OS. The number of carbonyl (C=O) groups is 1. The number of aromatic nitrogens is 1. The van der Waals surface area contributed by atoms with Gasteiger partial charge in [0.15, 0.2) is 6.29 Å². The standard InChI is InChI=1S/C10H14N2OS/c13-7-9-6-12-10(14-9)5-8-1-3-11-4-2-8/h6-8,11H,1-5H2. The number of nitrogens with one attached hydrogen (secondary N) is 1. The van der Waals surface area contributed by atoms with Crippen molar-refractivity contribution in [2.45, 2.75) is 19.3 Å². The summed E-state index contributed by atoms with van der Waals surface area (Å²) in [6.45, 7) is 2.24. The molecule has 0 amide bonds. The molecule has 1 aliphatic rings. The lowest BCUT2D eigenvalue weighted by Gasteiger charge is -2.21. The van der Waals surface area contributed by atoms with Gasteiger partial charge in [-0.2, -0.15) is 0 Å². The van der Waals surface area contributed by atoms with Crippen molar-refractivity contribution in [2.75, 3.05) is 13.1 Å². The predicted octanol–water partition coefficient (Wildman–Crippen LogP) is 1.50. The maximum Gasteiger partial charge on any atom is 0.161 e. The van der Waals surface area contributed by atoms with Gasteiger partial charge in [-0.25, -0.2) is 4.98 Å². The number of rotatable bonds is 3. The second kappa shape index (κ2) is 4.66. The SMILES string of the molecule is O=Cc1cnc(CC2CCNCC2)s1. The van der Waals surface area contributed by atoms with Crippen molar-refractivity contribution in [1.29, 1.82) is 0 Å². The average Bonchev–Trinajstić information content (AvgIpc) is 2.67. The minimum absolute atomic E-state index is 0.744. The van der Waals surface area contributed by atoms with Crippen LogP contribution in [-0.4, -0.2) is 24.4 Å². The van der Waals surface area contributed by atoms with E-state index in [9.17, 15) is 4.79 Å². The number of aldehydes is 1. The van der Waals surface area contributed by atoms with Crippen molar-refractivity contribution in [3.63, 3.8) is 0 Å². The molecule has 1 fully saturated rings. The van der Waals surface area contributed by atoms with Crippen molar-refractivity contribution in [3.8, 4) is 0 Å². The minimum Gasteiger partial charge on any atom is -0.317 e. The Kier molecular flexibility index (Phi) is 3.26. The van der Waals surface area contributed by atoms with Crippen molar-refractivity contribution < 1.29 is 4.79 Å². The molecule has 0 unspecified atom stereocenters. The maximum atomic E-state index is 10.5. The van der Waals surface area contributed by atoms with Crippen LogP contribution in [0, 0.1) is 5.92 Å². The zero-order valence-corrected chi connectivity index (χ0v) is 8.85. The van der Waals surface area contributed by atoms with E-state index in [1.807, 2.05) is 0 Å². The lowest BCUT2D eigenvalue weighted by molar-refractivity contribution is 0.112. The summed E-state index contributed by atoms with van der Waals surface area (Å²) < 4.78 is 0. The summed E-state index contributed by atoms with van der Waals surface area (Å²) in [6, 6.07) is 0. The number of hydrogen-bond acceptors (Lipinski definition) is 4. The van der Waals surface area contributed by atoms with E-state index < -0.39 is 0 Å². The van der Waals surface area contributed by atoms with Crippen molar-refractivity contribution in [2.24, 2.45) is 5.92 Å². The first-order chi connectivity index (χ1) is 6.88. The Morgan fingerprint density at radius 1 is 1.57 bits per heavy atom. The van der Waals surface area contributed by atoms with Crippen LogP contribution in [0.5, 0.6) is 0 Å². The average molecular weight is 210 g/mol. The lowest BCUT2D eigenvalue weighted by Crippen LogP contribution is -2.28. The lowest BCUT2D eigenvalue weighted by atomic mass is 9.95. The Morgan fingerprint density at radius 2 is 2.36 bits per heavy atom. The molecule has 1 saturated heterocycles. The van der Waals surface area contributed by atoms with E-state index in [1.54, 1.807) is 6.20 Å². The van der Waals surface area contributed by atoms with Crippen LogP contribution in [0.15, 0.2) is 6.20 Å². The second-order valence-corrected chi connectivity index (χ2v) is 4.82. The monoisotopic (exact) mass is 210 g/mol. The number of carbonyl (C=O) groups excluding carboxylic acids is 1. The van der Waals surface area contributed by atoms with Crippen LogP contribution >= 0.6 is 11.3 Å². The van der Waals surface area contributed by atoms with Crippen molar-refractivity contribution in [3.05, 3.63) is 16.1 Å². The van der Waals surface area contributed by atoms with Gasteiger partial charge in [0.1, 0.15) is 0 Å². The van der Waals surface area contributed by atoms with Gasteiger partial charge in [0, 0.05) is 12.6 Å². The van der Waals surface area contributed by atoms with E-state index in [0.29, 0.717) is 0 Å². The Morgan fingerprint density at radius 3 is 3.00 bits per heavy atom. The highest BCUT2D eigenvalue weighted by Gasteiger charge is 2.15. The number of piperidine rings is 1. The highest BCUT2D eigenvalue weighted by molar-refractivity contribution is 7.13. The number of thiazole rings is 1. The Labute approximate surface area is 87.6 Å². The Hall–Kier alpha value is -0.740. The molecule has 1 aromatic rings. The first-order valence-corrected chi connectivity index (χ1v) is 5.81. The number of nitrogens with zero attached hydrogens (tertiary/aromatic N) is 1. The molecule has 4 heteroatoms. The van der Waals surface area contributed by atoms with Gasteiger partial charge >= 0.3 is 0 Å². The fraction of sp³-hybridized carbons (Fsp3) is 0.600. The van der Waals surface area contributed by atoms with Crippen molar-refractivity contribution >= 4 is 17.6 Å². The molecule has 2 heterocycles. The van der Waals surface area contributed by atoms with Crippen LogP contribution < -0.4 is 5.32 Å². The first kappa shape index (κ1) is 9.80. The molecule has 0 spiro atoms. The van der Waals surface area contributed by atoms with E-state index in [4.69, 9.17) is 0 Å². The molecule has 0 saturated carbocycles. The molecule has 0 atom stereocenters. The van der Waals surface area contributed by atoms with E-state index in [2.05, 4.69) is 10.3 Å². The van der Waals surface area contributed by atoms with Gasteiger partial charge in [0.25, 0.3) is 0 Å². The molecule has 14 heavy (non-hydrogen) atoms. The number of hydrogen-bond donors (Lipinski definition) is 1. The summed E-state index contributed by atoms with van der Waals surface area (Å²) in [5.74, 6) is 0.752. The maximum absolute atomic E-state index is 10.5. The van der Waals surface area contributed by atoms with Gasteiger partial charge in [-0.1, -0.05) is 0 Å². The molecule has 1 aliphatic heterocycles. The smallest absolute Gasteiger partial charge is 0.161 e. The largest absolute Gasteiger partial charge is 0.317 e.